The van der Waals surface area contributed by atoms with Gasteiger partial charge in [0.25, 0.3) is 0 Å². The molecule has 0 radical (unpaired) electrons. The topological polar surface area (TPSA) is 79.8 Å². The highest BCUT2D eigenvalue weighted by molar-refractivity contribution is 8.15. The molecule has 28 heavy (non-hydrogen) atoms. The highest BCUT2D eigenvalue weighted by Crippen LogP contribution is 2.31. The molecule has 0 atom stereocenters. The number of nitrogens with one attached hydrogen (secondary N) is 2. The summed E-state index contributed by atoms with van der Waals surface area (Å²) in [5, 5.41) is 7.06. The number of amides is 1. The van der Waals surface area contributed by atoms with Crippen molar-refractivity contribution < 1.29 is 14.3 Å². The van der Waals surface area contributed by atoms with E-state index in [0.29, 0.717) is 17.9 Å². The third-order valence-electron chi connectivity index (χ3n) is 4.00. The first-order chi connectivity index (χ1) is 13.4. The van der Waals surface area contributed by atoms with Crippen LogP contribution in [0, 0.1) is 0 Å². The van der Waals surface area contributed by atoms with E-state index in [1.807, 2.05) is 38.1 Å². The van der Waals surface area contributed by atoms with Gasteiger partial charge in [0.15, 0.2) is 0 Å². The fraction of sp³-hybridized carbons (Fsp3) is 0.286. The van der Waals surface area contributed by atoms with E-state index in [4.69, 9.17) is 9.73 Å². The normalized spacial score (nSPS) is 14.3. The van der Waals surface area contributed by atoms with E-state index >= 15 is 0 Å². The Kier molecular flexibility index (Phi) is 6.04. The van der Waals surface area contributed by atoms with Crippen LogP contribution in [0.15, 0.2) is 53.5 Å². The van der Waals surface area contributed by atoms with Crippen LogP contribution in [0.5, 0.6) is 0 Å². The first-order valence-corrected chi connectivity index (χ1v) is 10.0. The first kappa shape index (κ1) is 19.9. The quantitative estimate of drug-likeness (QED) is 0.741. The predicted molar refractivity (Wildman–Crippen MR) is 114 cm³/mol. The van der Waals surface area contributed by atoms with Gasteiger partial charge in [-0.15, -0.1) is 0 Å². The van der Waals surface area contributed by atoms with E-state index in [1.165, 1.54) is 11.8 Å². The molecule has 7 heteroatoms. The van der Waals surface area contributed by atoms with E-state index in [2.05, 4.69) is 10.6 Å². The number of carbonyl (C=O) groups is 2. The second-order valence-corrected chi connectivity index (χ2v) is 7.75. The van der Waals surface area contributed by atoms with Gasteiger partial charge in [0.2, 0.25) is 5.91 Å². The minimum Gasteiger partial charge on any atom is -0.462 e. The lowest BCUT2D eigenvalue weighted by Crippen LogP contribution is -2.34. The van der Waals surface area contributed by atoms with Crippen LogP contribution in [0.2, 0.25) is 0 Å². The summed E-state index contributed by atoms with van der Waals surface area (Å²) in [7, 11) is 0. The molecule has 0 unspecified atom stereocenters. The van der Waals surface area contributed by atoms with Crippen LogP contribution in [-0.4, -0.2) is 34.9 Å². The van der Waals surface area contributed by atoms with Gasteiger partial charge in [-0.3, -0.25) is 9.79 Å². The Bertz CT molecular complexity index is 907. The molecule has 0 aromatic heterocycles. The van der Waals surface area contributed by atoms with Gasteiger partial charge in [-0.25, -0.2) is 4.79 Å². The smallest absolute Gasteiger partial charge is 0.338 e. The highest BCUT2D eigenvalue weighted by Gasteiger charge is 2.26. The minimum absolute atomic E-state index is 0.134. The van der Waals surface area contributed by atoms with Crippen LogP contribution < -0.4 is 10.6 Å². The van der Waals surface area contributed by atoms with Crippen LogP contribution in [0.4, 0.5) is 11.4 Å². The molecule has 2 aromatic rings. The van der Waals surface area contributed by atoms with Crippen LogP contribution in [-0.2, 0) is 9.53 Å². The molecular formula is C21H23N3O3S. The van der Waals surface area contributed by atoms with Crippen molar-refractivity contribution in [2.45, 2.75) is 26.4 Å². The zero-order valence-electron chi connectivity index (χ0n) is 16.1. The van der Waals surface area contributed by atoms with Crippen molar-refractivity contribution in [1.29, 1.82) is 0 Å². The molecule has 0 bridgehead atoms. The largest absolute Gasteiger partial charge is 0.462 e. The number of thioether (sulfide) groups is 1. The number of rotatable bonds is 5. The monoisotopic (exact) mass is 397 g/mol. The van der Waals surface area contributed by atoms with Crippen molar-refractivity contribution in [3.63, 3.8) is 0 Å². The van der Waals surface area contributed by atoms with Crippen molar-refractivity contribution >= 4 is 40.1 Å². The number of carbonyl (C=O) groups excluding carboxylic acids is 2. The van der Waals surface area contributed by atoms with Gasteiger partial charge in [-0.05, 0) is 51.1 Å². The summed E-state index contributed by atoms with van der Waals surface area (Å²) in [6.45, 7) is 6.08. The molecule has 1 amide bonds. The Morgan fingerprint density at radius 2 is 1.86 bits per heavy atom. The fourth-order valence-electron chi connectivity index (χ4n) is 2.80. The maximum absolute atomic E-state index is 12.4. The van der Waals surface area contributed by atoms with Crippen molar-refractivity contribution in [1.82, 2.24) is 0 Å². The molecule has 146 valence electrons. The summed E-state index contributed by atoms with van der Waals surface area (Å²) in [5.74, 6) is -0.269. The van der Waals surface area contributed by atoms with Gasteiger partial charge < -0.3 is 15.4 Å². The summed E-state index contributed by atoms with van der Waals surface area (Å²) in [6.07, 6.45) is 0. The third-order valence-corrected chi connectivity index (χ3v) is 4.99. The number of para-hydroxylation sites is 1. The van der Waals surface area contributed by atoms with Crippen LogP contribution in [0.25, 0.3) is 0 Å². The minimum atomic E-state index is -0.421. The number of fused-ring (bicyclic) bond motifs is 1. The number of benzene rings is 2. The zero-order chi connectivity index (χ0) is 20.1. The number of anilines is 2. The lowest BCUT2D eigenvalue weighted by molar-refractivity contribution is -0.113. The van der Waals surface area contributed by atoms with Gasteiger partial charge in [0.05, 0.1) is 17.9 Å². The second kappa shape index (κ2) is 8.48. The van der Waals surface area contributed by atoms with Crippen molar-refractivity contribution in [2.24, 2.45) is 4.99 Å². The third kappa shape index (κ3) is 4.92. The van der Waals surface area contributed by atoms with Crippen molar-refractivity contribution in [3.8, 4) is 0 Å². The Labute approximate surface area is 168 Å². The molecule has 1 aliphatic rings. The maximum Gasteiger partial charge on any atom is 0.338 e. The molecule has 0 spiro atoms. The maximum atomic E-state index is 12.4. The average molecular weight is 398 g/mol. The molecule has 1 aliphatic heterocycles. The van der Waals surface area contributed by atoms with E-state index in [-0.39, 0.29) is 17.6 Å². The van der Waals surface area contributed by atoms with Crippen LogP contribution in [0.3, 0.4) is 0 Å². The standard InChI is InChI=1S/C21H23N3O3S/c1-4-27-20(26)14-9-11-15(12-10-14)22-18(25)13-28-19-16-7-5-6-8-17(16)23-21(2,3)24-19/h5-12,23H,4,13H2,1-3H3,(H,22,25). The summed E-state index contributed by atoms with van der Waals surface area (Å²) in [4.78, 5) is 28.8. The Morgan fingerprint density at radius 1 is 1.14 bits per heavy atom. The number of hydrogen-bond acceptors (Lipinski definition) is 6. The van der Waals surface area contributed by atoms with Crippen LogP contribution >= 0.6 is 11.8 Å². The molecule has 6 nitrogen and oxygen atoms in total. The summed E-state index contributed by atoms with van der Waals surface area (Å²) >= 11 is 1.41. The highest BCUT2D eigenvalue weighted by atomic mass is 32.2. The molecule has 0 saturated heterocycles. The second-order valence-electron chi connectivity index (χ2n) is 6.78. The molecule has 3 rings (SSSR count). The van der Waals surface area contributed by atoms with Gasteiger partial charge in [0, 0.05) is 16.9 Å². The lowest BCUT2D eigenvalue weighted by atomic mass is 10.1. The number of ether oxygens (including phenoxy) is 1. The molecule has 0 fully saturated rings. The van der Waals surface area contributed by atoms with Gasteiger partial charge >= 0.3 is 5.97 Å². The number of aliphatic imine (C=N–C) groups is 1. The Morgan fingerprint density at radius 3 is 2.57 bits per heavy atom. The molecule has 1 heterocycles. The van der Waals surface area contributed by atoms with Crippen molar-refractivity contribution in [3.05, 3.63) is 59.7 Å². The predicted octanol–water partition coefficient (Wildman–Crippen LogP) is 4.14. The zero-order valence-corrected chi connectivity index (χ0v) is 16.9. The van der Waals surface area contributed by atoms with E-state index in [9.17, 15) is 9.59 Å². The molecular weight excluding hydrogens is 374 g/mol. The van der Waals surface area contributed by atoms with Crippen molar-refractivity contribution in [2.75, 3.05) is 23.0 Å². The lowest BCUT2D eigenvalue weighted by Gasteiger charge is -2.30. The van der Waals surface area contributed by atoms with Gasteiger partial charge in [0.1, 0.15) is 10.7 Å². The number of hydrogen-bond donors (Lipinski definition) is 2. The fourth-order valence-corrected chi connectivity index (χ4v) is 3.76. The first-order valence-electron chi connectivity index (χ1n) is 9.05. The Balaban J connectivity index is 1.61. The number of nitrogens with zero attached hydrogens (tertiary/aromatic N) is 1. The van der Waals surface area contributed by atoms with E-state index in [0.717, 1.165) is 16.3 Å². The van der Waals surface area contributed by atoms with E-state index < -0.39 is 5.66 Å². The summed E-state index contributed by atoms with van der Waals surface area (Å²) in [6, 6.07) is 14.6. The average Bonchev–Trinajstić information content (AvgIpc) is 2.66. The Hall–Kier alpha value is -2.80. The molecule has 0 aliphatic carbocycles. The SMILES string of the molecule is CCOC(=O)c1ccc(NC(=O)CSC2=NC(C)(C)Nc3ccccc32)cc1. The molecule has 0 saturated carbocycles. The number of esters is 1. The molecule has 2 N–H and O–H groups in total. The van der Waals surface area contributed by atoms with Gasteiger partial charge in [-0.1, -0.05) is 30.0 Å². The summed E-state index contributed by atoms with van der Waals surface area (Å²) < 4.78 is 4.95. The van der Waals surface area contributed by atoms with Gasteiger partial charge in [-0.2, -0.15) is 0 Å². The van der Waals surface area contributed by atoms with Crippen LogP contribution in [0.1, 0.15) is 36.7 Å². The molecule has 2 aromatic carbocycles. The summed E-state index contributed by atoms with van der Waals surface area (Å²) in [5.41, 5.74) is 2.68. The van der Waals surface area contributed by atoms with E-state index in [1.54, 1.807) is 31.2 Å².